The molecule has 5 nitrogen and oxygen atoms in total. The SMILES string of the molecule is CO[C@H](C(=O)NCCc1ccn(-c2ccccc2)n1)c1ccccc1. The van der Waals surface area contributed by atoms with E-state index in [1.54, 1.807) is 7.11 Å². The van der Waals surface area contributed by atoms with E-state index in [-0.39, 0.29) is 5.91 Å². The predicted molar refractivity (Wildman–Crippen MR) is 96.5 cm³/mol. The average Bonchev–Trinajstić information content (AvgIpc) is 3.13. The molecule has 0 spiro atoms. The second kappa shape index (κ2) is 8.26. The number of para-hydroxylation sites is 1. The lowest BCUT2D eigenvalue weighted by molar-refractivity contribution is -0.131. The van der Waals surface area contributed by atoms with Crippen molar-refractivity contribution in [3.63, 3.8) is 0 Å². The highest BCUT2D eigenvalue weighted by Gasteiger charge is 2.19. The first-order chi connectivity index (χ1) is 12.3. The summed E-state index contributed by atoms with van der Waals surface area (Å²) in [6.45, 7) is 0.511. The molecule has 2 aromatic carbocycles. The third-order valence-corrected chi connectivity index (χ3v) is 3.92. The molecule has 128 valence electrons. The Kier molecular flexibility index (Phi) is 5.59. The Morgan fingerprint density at radius 2 is 1.76 bits per heavy atom. The molecule has 0 aliphatic rings. The van der Waals surface area contributed by atoms with Crippen molar-refractivity contribution < 1.29 is 9.53 Å². The number of carbonyl (C=O) groups excluding carboxylic acids is 1. The normalized spacial score (nSPS) is 11.9. The van der Waals surface area contributed by atoms with Gasteiger partial charge in [-0.05, 0) is 23.8 Å². The van der Waals surface area contributed by atoms with Gasteiger partial charge in [-0.15, -0.1) is 0 Å². The molecule has 1 heterocycles. The number of rotatable bonds is 7. The van der Waals surface area contributed by atoms with Crippen LogP contribution >= 0.6 is 0 Å². The quantitative estimate of drug-likeness (QED) is 0.722. The molecule has 1 aromatic heterocycles. The summed E-state index contributed by atoms with van der Waals surface area (Å²) in [4.78, 5) is 12.3. The summed E-state index contributed by atoms with van der Waals surface area (Å²) in [6.07, 6.45) is 1.99. The van der Waals surface area contributed by atoms with Gasteiger partial charge < -0.3 is 10.1 Å². The number of carbonyl (C=O) groups is 1. The van der Waals surface area contributed by atoms with E-state index in [9.17, 15) is 4.79 Å². The fourth-order valence-corrected chi connectivity index (χ4v) is 2.65. The first-order valence-corrected chi connectivity index (χ1v) is 8.23. The first-order valence-electron chi connectivity index (χ1n) is 8.23. The van der Waals surface area contributed by atoms with Gasteiger partial charge in [0, 0.05) is 26.3 Å². The molecule has 1 amide bonds. The van der Waals surface area contributed by atoms with Gasteiger partial charge in [-0.2, -0.15) is 5.10 Å². The molecule has 0 fully saturated rings. The maximum atomic E-state index is 12.3. The lowest BCUT2D eigenvalue weighted by atomic mass is 10.1. The van der Waals surface area contributed by atoms with E-state index in [1.165, 1.54) is 0 Å². The third kappa shape index (κ3) is 4.33. The van der Waals surface area contributed by atoms with Crippen LogP contribution in [-0.4, -0.2) is 29.3 Å². The van der Waals surface area contributed by atoms with Gasteiger partial charge in [-0.3, -0.25) is 4.79 Å². The Morgan fingerprint density at radius 3 is 2.44 bits per heavy atom. The molecule has 3 rings (SSSR count). The second-order valence-electron chi connectivity index (χ2n) is 5.65. The maximum Gasteiger partial charge on any atom is 0.253 e. The summed E-state index contributed by atoms with van der Waals surface area (Å²) in [5.74, 6) is -0.142. The summed E-state index contributed by atoms with van der Waals surface area (Å²) in [5.41, 5.74) is 2.79. The van der Waals surface area contributed by atoms with Crippen molar-refractivity contribution >= 4 is 5.91 Å². The van der Waals surface area contributed by atoms with Crippen LogP contribution in [0, 0.1) is 0 Å². The topological polar surface area (TPSA) is 56.1 Å². The van der Waals surface area contributed by atoms with E-state index in [0.29, 0.717) is 13.0 Å². The summed E-state index contributed by atoms with van der Waals surface area (Å²) in [7, 11) is 1.54. The predicted octanol–water partition coefficient (Wildman–Crippen LogP) is 2.92. The molecule has 0 bridgehead atoms. The van der Waals surface area contributed by atoms with Crippen molar-refractivity contribution in [1.29, 1.82) is 0 Å². The molecule has 0 unspecified atom stereocenters. The molecule has 0 radical (unpaired) electrons. The largest absolute Gasteiger partial charge is 0.367 e. The van der Waals surface area contributed by atoms with Gasteiger partial charge >= 0.3 is 0 Å². The molecule has 25 heavy (non-hydrogen) atoms. The molecule has 0 saturated heterocycles. The first kappa shape index (κ1) is 16.9. The molecule has 1 N–H and O–H groups in total. The summed E-state index contributed by atoms with van der Waals surface area (Å²) in [6, 6.07) is 21.4. The minimum Gasteiger partial charge on any atom is -0.367 e. The Morgan fingerprint density at radius 1 is 1.08 bits per heavy atom. The number of benzene rings is 2. The van der Waals surface area contributed by atoms with Gasteiger partial charge in [0.2, 0.25) is 0 Å². The van der Waals surface area contributed by atoms with E-state index < -0.39 is 6.10 Å². The summed E-state index contributed by atoms with van der Waals surface area (Å²) >= 11 is 0. The van der Waals surface area contributed by atoms with Crippen LogP contribution in [-0.2, 0) is 16.0 Å². The Hall–Kier alpha value is -2.92. The van der Waals surface area contributed by atoms with Crippen LogP contribution in [0.2, 0.25) is 0 Å². The molecular weight excluding hydrogens is 314 g/mol. The van der Waals surface area contributed by atoms with Crippen LogP contribution in [0.4, 0.5) is 0 Å². The van der Waals surface area contributed by atoms with Gasteiger partial charge in [0.05, 0.1) is 11.4 Å². The van der Waals surface area contributed by atoms with Crippen LogP contribution in [0.15, 0.2) is 72.9 Å². The molecule has 3 aromatic rings. The number of hydrogen-bond donors (Lipinski definition) is 1. The highest BCUT2D eigenvalue weighted by atomic mass is 16.5. The number of ether oxygens (including phenoxy) is 1. The highest BCUT2D eigenvalue weighted by molar-refractivity contribution is 5.82. The lowest BCUT2D eigenvalue weighted by Crippen LogP contribution is -2.32. The van der Waals surface area contributed by atoms with E-state index in [0.717, 1.165) is 16.9 Å². The smallest absolute Gasteiger partial charge is 0.253 e. The Balaban J connectivity index is 1.54. The average molecular weight is 335 g/mol. The second-order valence-corrected chi connectivity index (χ2v) is 5.65. The van der Waals surface area contributed by atoms with E-state index >= 15 is 0 Å². The standard InChI is InChI=1S/C20H21N3O2/c1-25-19(16-8-4-2-5-9-16)20(24)21-14-12-17-13-15-23(22-17)18-10-6-3-7-11-18/h2-11,13,15,19H,12,14H2,1H3,(H,21,24)/t19-/m0/s1. The van der Waals surface area contributed by atoms with Crippen molar-refractivity contribution in [2.75, 3.05) is 13.7 Å². The molecule has 0 aliphatic heterocycles. The van der Waals surface area contributed by atoms with Crippen molar-refractivity contribution in [2.24, 2.45) is 0 Å². The van der Waals surface area contributed by atoms with Gasteiger partial charge in [0.25, 0.3) is 5.91 Å². The fraction of sp³-hybridized carbons (Fsp3) is 0.200. The van der Waals surface area contributed by atoms with E-state index in [1.807, 2.05) is 77.6 Å². The Bertz CT molecular complexity index is 800. The fourth-order valence-electron chi connectivity index (χ4n) is 2.65. The molecule has 5 heteroatoms. The van der Waals surface area contributed by atoms with Crippen molar-refractivity contribution in [2.45, 2.75) is 12.5 Å². The van der Waals surface area contributed by atoms with Crippen LogP contribution in [0.25, 0.3) is 5.69 Å². The van der Waals surface area contributed by atoms with E-state index in [2.05, 4.69) is 10.4 Å². The monoisotopic (exact) mass is 335 g/mol. The van der Waals surface area contributed by atoms with E-state index in [4.69, 9.17) is 4.74 Å². The maximum absolute atomic E-state index is 12.3. The minimum atomic E-state index is -0.594. The van der Waals surface area contributed by atoms with Crippen molar-refractivity contribution in [3.8, 4) is 5.69 Å². The molecular formula is C20H21N3O2. The lowest BCUT2D eigenvalue weighted by Gasteiger charge is -2.15. The number of aromatic nitrogens is 2. The Labute approximate surface area is 147 Å². The third-order valence-electron chi connectivity index (χ3n) is 3.92. The molecule has 1 atom stereocenters. The van der Waals surface area contributed by atoms with Crippen LogP contribution in [0.1, 0.15) is 17.4 Å². The highest BCUT2D eigenvalue weighted by Crippen LogP contribution is 2.16. The van der Waals surface area contributed by atoms with Gasteiger partial charge in [-0.25, -0.2) is 4.68 Å². The summed E-state index contributed by atoms with van der Waals surface area (Å²) in [5, 5.41) is 7.45. The zero-order valence-corrected chi connectivity index (χ0v) is 14.1. The van der Waals surface area contributed by atoms with Gasteiger partial charge in [0.1, 0.15) is 0 Å². The zero-order valence-electron chi connectivity index (χ0n) is 14.1. The van der Waals surface area contributed by atoms with Crippen LogP contribution in [0.3, 0.4) is 0 Å². The zero-order chi connectivity index (χ0) is 17.5. The minimum absolute atomic E-state index is 0.142. The number of methoxy groups -OCH3 is 1. The number of nitrogens with one attached hydrogen (secondary N) is 1. The van der Waals surface area contributed by atoms with Gasteiger partial charge in [-0.1, -0.05) is 48.5 Å². The number of nitrogens with zero attached hydrogens (tertiary/aromatic N) is 2. The molecule has 0 saturated carbocycles. The van der Waals surface area contributed by atoms with Crippen molar-refractivity contribution in [3.05, 3.63) is 84.2 Å². The van der Waals surface area contributed by atoms with Gasteiger partial charge in [0.15, 0.2) is 6.10 Å². The van der Waals surface area contributed by atoms with Crippen LogP contribution < -0.4 is 5.32 Å². The van der Waals surface area contributed by atoms with Crippen LogP contribution in [0.5, 0.6) is 0 Å². The number of amides is 1. The summed E-state index contributed by atoms with van der Waals surface area (Å²) < 4.78 is 7.16. The molecule has 0 aliphatic carbocycles. The van der Waals surface area contributed by atoms with Crippen molar-refractivity contribution in [1.82, 2.24) is 15.1 Å². The number of hydrogen-bond acceptors (Lipinski definition) is 3.